The van der Waals surface area contributed by atoms with Gasteiger partial charge in [0.2, 0.25) is 0 Å². The summed E-state index contributed by atoms with van der Waals surface area (Å²) in [6.45, 7) is 4.83. The van der Waals surface area contributed by atoms with E-state index in [1.54, 1.807) is 6.07 Å². The molecular weight excluding hydrogens is 153 g/mol. The lowest BCUT2D eigenvalue weighted by Crippen LogP contribution is -2.01. The van der Waals surface area contributed by atoms with Gasteiger partial charge in [-0.1, -0.05) is 13.0 Å². The molecule has 12 heavy (non-hydrogen) atoms. The predicted octanol–water partition coefficient (Wildman–Crippen LogP) is 2.96. The third-order valence-electron chi connectivity index (χ3n) is 1.69. The van der Waals surface area contributed by atoms with E-state index < -0.39 is 0 Å². The first-order chi connectivity index (χ1) is 5.74. The fraction of sp³-hybridized carbons (Fsp3) is 0.400. The highest BCUT2D eigenvalue weighted by Crippen LogP contribution is 2.15. The van der Waals surface area contributed by atoms with E-state index in [0.717, 1.165) is 18.5 Å². The van der Waals surface area contributed by atoms with Crippen molar-refractivity contribution < 1.29 is 4.39 Å². The average Bonchev–Trinajstić information content (AvgIpc) is 2.07. The van der Waals surface area contributed by atoms with Crippen molar-refractivity contribution in [2.75, 3.05) is 11.9 Å². The van der Waals surface area contributed by atoms with Crippen LogP contribution < -0.4 is 5.32 Å². The van der Waals surface area contributed by atoms with Crippen molar-refractivity contribution in [3.63, 3.8) is 0 Å². The highest BCUT2D eigenvalue weighted by Gasteiger charge is 1.99. The summed E-state index contributed by atoms with van der Waals surface area (Å²) in [4.78, 5) is 0. The molecule has 1 nitrogen and oxygen atoms in total. The molecule has 1 aromatic rings. The quantitative estimate of drug-likeness (QED) is 0.729. The first-order valence-corrected chi connectivity index (χ1v) is 4.24. The number of halogens is 1. The zero-order valence-corrected chi connectivity index (χ0v) is 7.52. The van der Waals surface area contributed by atoms with Crippen LogP contribution in [0.25, 0.3) is 0 Å². The maximum atomic E-state index is 13.0. The molecule has 0 bridgehead atoms. The van der Waals surface area contributed by atoms with Crippen molar-refractivity contribution in [3.8, 4) is 0 Å². The van der Waals surface area contributed by atoms with Crippen molar-refractivity contribution in [2.45, 2.75) is 20.3 Å². The zero-order valence-electron chi connectivity index (χ0n) is 7.52. The smallest absolute Gasteiger partial charge is 0.146 e. The molecule has 0 atom stereocenters. The molecule has 1 aromatic carbocycles. The summed E-state index contributed by atoms with van der Waals surface area (Å²) in [5.41, 5.74) is 1.69. The van der Waals surface area contributed by atoms with E-state index in [9.17, 15) is 4.39 Å². The number of aryl methyl sites for hydroxylation is 1. The first-order valence-electron chi connectivity index (χ1n) is 4.24. The van der Waals surface area contributed by atoms with Crippen LogP contribution in [0.2, 0.25) is 0 Å². The second-order valence-electron chi connectivity index (χ2n) is 2.91. The van der Waals surface area contributed by atoms with E-state index in [1.165, 1.54) is 6.07 Å². The van der Waals surface area contributed by atoms with Crippen LogP contribution >= 0.6 is 0 Å². The van der Waals surface area contributed by atoms with E-state index in [0.29, 0.717) is 5.69 Å². The second-order valence-corrected chi connectivity index (χ2v) is 2.91. The highest BCUT2D eigenvalue weighted by molar-refractivity contribution is 5.46. The van der Waals surface area contributed by atoms with E-state index in [2.05, 4.69) is 12.2 Å². The standard InChI is InChI=1S/C10H14FN/c1-3-6-12-10-7-8(2)4-5-9(10)11/h4-5,7,12H,3,6H2,1-2H3. The Kier molecular flexibility index (Phi) is 3.09. The Hall–Kier alpha value is -1.05. The molecule has 0 spiro atoms. The van der Waals surface area contributed by atoms with Crippen LogP contribution in [0.4, 0.5) is 10.1 Å². The van der Waals surface area contributed by atoms with Gasteiger partial charge in [-0.3, -0.25) is 0 Å². The summed E-state index contributed by atoms with van der Waals surface area (Å²) in [7, 11) is 0. The van der Waals surface area contributed by atoms with Crippen LogP contribution in [0.3, 0.4) is 0 Å². The number of benzene rings is 1. The molecule has 0 heterocycles. The summed E-state index contributed by atoms with van der Waals surface area (Å²) in [5.74, 6) is -0.172. The largest absolute Gasteiger partial charge is 0.383 e. The van der Waals surface area contributed by atoms with Gasteiger partial charge >= 0.3 is 0 Å². The molecule has 0 aliphatic carbocycles. The van der Waals surface area contributed by atoms with Gasteiger partial charge in [-0.25, -0.2) is 4.39 Å². The number of hydrogen-bond donors (Lipinski definition) is 1. The topological polar surface area (TPSA) is 12.0 Å². The summed E-state index contributed by atoms with van der Waals surface area (Å²) in [6.07, 6.45) is 1.01. The molecule has 0 radical (unpaired) electrons. The Morgan fingerprint density at radius 1 is 1.42 bits per heavy atom. The third kappa shape index (κ3) is 2.22. The van der Waals surface area contributed by atoms with Crippen molar-refractivity contribution in [2.24, 2.45) is 0 Å². The molecule has 0 amide bonds. The minimum absolute atomic E-state index is 0.172. The van der Waals surface area contributed by atoms with E-state index in [-0.39, 0.29) is 5.82 Å². The molecule has 0 saturated carbocycles. The number of rotatable bonds is 3. The minimum Gasteiger partial charge on any atom is -0.383 e. The van der Waals surface area contributed by atoms with Gasteiger partial charge in [-0.2, -0.15) is 0 Å². The molecule has 0 aliphatic rings. The summed E-state index contributed by atoms with van der Waals surface area (Å²) >= 11 is 0. The molecule has 0 unspecified atom stereocenters. The summed E-state index contributed by atoms with van der Waals surface area (Å²) in [5, 5.41) is 3.03. The fourth-order valence-corrected chi connectivity index (χ4v) is 1.03. The maximum Gasteiger partial charge on any atom is 0.146 e. The van der Waals surface area contributed by atoms with Crippen LogP contribution in [0.1, 0.15) is 18.9 Å². The van der Waals surface area contributed by atoms with E-state index in [4.69, 9.17) is 0 Å². The van der Waals surface area contributed by atoms with Crippen LogP contribution in [0.5, 0.6) is 0 Å². The van der Waals surface area contributed by atoms with Crippen molar-refractivity contribution in [3.05, 3.63) is 29.6 Å². The van der Waals surface area contributed by atoms with Gasteiger partial charge in [-0.15, -0.1) is 0 Å². The lowest BCUT2D eigenvalue weighted by Gasteiger charge is -2.06. The molecular formula is C10H14FN. The Labute approximate surface area is 72.6 Å². The maximum absolute atomic E-state index is 13.0. The Morgan fingerprint density at radius 3 is 2.83 bits per heavy atom. The molecule has 1 rings (SSSR count). The van der Waals surface area contributed by atoms with Crippen LogP contribution in [-0.2, 0) is 0 Å². The predicted molar refractivity (Wildman–Crippen MR) is 49.9 cm³/mol. The Bertz CT molecular complexity index is 258. The molecule has 0 saturated heterocycles. The summed E-state index contributed by atoms with van der Waals surface area (Å²) in [6, 6.07) is 5.09. The molecule has 1 N–H and O–H groups in total. The Morgan fingerprint density at radius 2 is 2.17 bits per heavy atom. The first kappa shape index (κ1) is 9.04. The average molecular weight is 167 g/mol. The molecule has 0 aromatic heterocycles. The molecule has 0 fully saturated rings. The summed E-state index contributed by atoms with van der Waals surface area (Å²) < 4.78 is 13.0. The second kappa shape index (κ2) is 4.10. The number of nitrogens with one attached hydrogen (secondary N) is 1. The van der Waals surface area contributed by atoms with Crippen molar-refractivity contribution in [1.29, 1.82) is 0 Å². The van der Waals surface area contributed by atoms with Gasteiger partial charge < -0.3 is 5.32 Å². The van der Waals surface area contributed by atoms with Gasteiger partial charge in [0, 0.05) is 6.54 Å². The monoisotopic (exact) mass is 167 g/mol. The lowest BCUT2D eigenvalue weighted by atomic mass is 10.2. The van der Waals surface area contributed by atoms with Crippen LogP contribution in [0, 0.1) is 12.7 Å². The van der Waals surface area contributed by atoms with Crippen LogP contribution in [0.15, 0.2) is 18.2 Å². The zero-order chi connectivity index (χ0) is 8.97. The van der Waals surface area contributed by atoms with E-state index in [1.807, 2.05) is 13.0 Å². The number of anilines is 1. The van der Waals surface area contributed by atoms with Crippen LogP contribution in [-0.4, -0.2) is 6.54 Å². The van der Waals surface area contributed by atoms with Gasteiger partial charge in [-0.05, 0) is 31.0 Å². The van der Waals surface area contributed by atoms with Gasteiger partial charge in [0.15, 0.2) is 0 Å². The molecule has 2 heteroatoms. The Balaban J connectivity index is 2.75. The van der Waals surface area contributed by atoms with Gasteiger partial charge in [0.1, 0.15) is 5.82 Å². The number of hydrogen-bond acceptors (Lipinski definition) is 1. The van der Waals surface area contributed by atoms with Gasteiger partial charge in [0.05, 0.1) is 5.69 Å². The van der Waals surface area contributed by atoms with Crippen molar-refractivity contribution in [1.82, 2.24) is 0 Å². The highest BCUT2D eigenvalue weighted by atomic mass is 19.1. The third-order valence-corrected chi connectivity index (χ3v) is 1.69. The van der Waals surface area contributed by atoms with Gasteiger partial charge in [0.25, 0.3) is 0 Å². The lowest BCUT2D eigenvalue weighted by molar-refractivity contribution is 0.629. The fourth-order valence-electron chi connectivity index (χ4n) is 1.03. The van der Waals surface area contributed by atoms with E-state index >= 15 is 0 Å². The van der Waals surface area contributed by atoms with Crippen molar-refractivity contribution >= 4 is 5.69 Å². The normalized spacial score (nSPS) is 9.92. The SMILES string of the molecule is CCCNc1cc(C)ccc1F. The molecule has 0 aliphatic heterocycles. The molecule has 66 valence electrons. The minimum atomic E-state index is -0.172.